The molecule has 0 spiro atoms. The van der Waals surface area contributed by atoms with Gasteiger partial charge in [0.2, 0.25) is 5.82 Å². The first-order valence-corrected chi connectivity index (χ1v) is 10.4. The van der Waals surface area contributed by atoms with E-state index in [9.17, 15) is 4.79 Å². The zero-order valence-corrected chi connectivity index (χ0v) is 18.3. The lowest BCUT2D eigenvalue weighted by atomic mass is 10.2. The van der Waals surface area contributed by atoms with Crippen LogP contribution in [0.2, 0.25) is 10.0 Å². The maximum atomic E-state index is 13.3. The fourth-order valence-electron chi connectivity index (χ4n) is 3.40. The average molecular weight is 464 g/mol. The van der Waals surface area contributed by atoms with Gasteiger partial charge in [0.05, 0.1) is 29.2 Å². The molecule has 32 heavy (non-hydrogen) atoms. The Morgan fingerprint density at radius 3 is 2.72 bits per heavy atom. The van der Waals surface area contributed by atoms with Gasteiger partial charge in [0.15, 0.2) is 5.76 Å². The van der Waals surface area contributed by atoms with Crippen LogP contribution >= 0.6 is 23.2 Å². The van der Waals surface area contributed by atoms with Crippen molar-refractivity contribution in [2.45, 2.75) is 0 Å². The number of methoxy groups -OCH3 is 1. The maximum Gasteiger partial charge on any atom is 0.282 e. The third kappa shape index (κ3) is 3.64. The van der Waals surface area contributed by atoms with Crippen LogP contribution < -0.4 is 10.3 Å². The van der Waals surface area contributed by atoms with Crippen molar-refractivity contribution in [3.8, 4) is 17.3 Å². The van der Waals surface area contributed by atoms with E-state index in [4.69, 9.17) is 32.4 Å². The zero-order chi connectivity index (χ0) is 22.2. The highest BCUT2D eigenvalue weighted by atomic mass is 35.5. The highest BCUT2D eigenvalue weighted by molar-refractivity contribution is 6.32. The Kier molecular flexibility index (Phi) is 5.17. The van der Waals surface area contributed by atoms with E-state index in [2.05, 4.69) is 10.1 Å². The molecule has 0 bridgehead atoms. The number of nitrogens with zero attached hydrogens (tertiary/aromatic N) is 3. The summed E-state index contributed by atoms with van der Waals surface area (Å²) in [5.74, 6) is 1.22. The molecule has 0 amide bonds. The molecule has 2 heterocycles. The summed E-state index contributed by atoms with van der Waals surface area (Å²) in [6, 6.07) is 19.4. The molecular weight excluding hydrogens is 449 g/mol. The summed E-state index contributed by atoms with van der Waals surface area (Å²) in [5.41, 5.74) is 1.55. The van der Waals surface area contributed by atoms with Crippen LogP contribution in [0.1, 0.15) is 5.56 Å². The van der Waals surface area contributed by atoms with Crippen LogP contribution in [0.15, 0.2) is 81.0 Å². The van der Waals surface area contributed by atoms with E-state index in [0.717, 1.165) is 5.39 Å². The molecule has 0 aliphatic heterocycles. The standard InChI is InChI=1S/C24H15Cl2N3O3/c1-31-21-8-6-14(10-18(21)26)13-27-29-23(28-19-5-3-2-4-17(19)24(29)30)22-12-15-11-16(25)7-9-20(15)32-22/h2-13H,1H3. The van der Waals surface area contributed by atoms with Gasteiger partial charge in [-0.25, -0.2) is 4.98 Å². The summed E-state index contributed by atoms with van der Waals surface area (Å²) in [7, 11) is 1.54. The molecule has 5 rings (SSSR count). The molecule has 0 atom stereocenters. The van der Waals surface area contributed by atoms with Crippen molar-refractivity contribution in [2.75, 3.05) is 7.11 Å². The fraction of sp³-hybridized carbons (Fsp3) is 0.0417. The van der Waals surface area contributed by atoms with Crippen LogP contribution in [0.3, 0.4) is 0 Å². The van der Waals surface area contributed by atoms with Gasteiger partial charge < -0.3 is 9.15 Å². The van der Waals surface area contributed by atoms with E-state index in [-0.39, 0.29) is 11.4 Å². The first kappa shape index (κ1) is 20.3. The van der Waals surface area contributed by atoms with E-state index < -0.39 is 0 Å². The number of ether oxygens (including phenoxy) is 1. The van der Waals surface area contributed by atoms with Crippen molar-refractivity contribution >= 4 is 51.3 Å². The second-order valence-corrected chi connectivity index (χ2v) is 7.84. The minimum atomic E-state index is -0.319. The Morgan fingerprint density at radius 1 is 1.06 bits per heavy atom. The predicted octanol–water partition coefficient (Wildman–Crippen LogP) is 6.01. The van der Waals surface area contributed by atoms with Crippen LogP contribution in [-0.2, 0) is 0 Å². The second-order valence-electron chi connectivity index (χ2n) is 7.00. The van der Waals surface area contributed by atoms with Crippen LogP contribution in [0.25, 0.3) is 33.5 Å². The van der Waals surface area contributed by atoms with E-state index in [1.165, 1.54) is 10.9 Å². The summed E-state index contributed by atoms with van der Waals surface area (Å²) < 4.78 is 12.4. The van der Waals surface area contributed by atoms with E-state index in [0.29, 0.717) is 43.6 Å². The average Bonchev–Trinajstić information content (AvgIpc) is 3.21. The Morgan fingerprint density at radius 2 is 1.91 bits per heavy atom. The molecule has 0 saturated heterocycles. The topological polar surface area (TPSA) is 69.6 Å². The van der Waals surface area contributed by atoms with E-state index in [1.807, 2.05) is 6.07 Å². The second kappa shape index (κ2) is 8.15. The molecule has 0 radical (unpaired) electrons. The molecule has 2 aromatic heterocycles. The first-order valence-electron chi connectivity index (χ1n) is 9.62. The summed E-state index contributed by atoms with van der Waals surface area (Å²) in [5, 5.41) is 6.69. The lowest BCUT2D eigenvalue weighted by Crippen LogP contribution is -2.20. The fourth-order valence-corrected chi connectivity index (χ4v) is 3.85. The van der Waals surface area contributed by atoms with Gasteiger partial charge in [-0.05, 0) is 60.2 Å². The van der Waals surface area contributed by atoms with Crippen molar-refractivity contribution in [3.63, 3.8) is 0 Å². The third-order valence-corrected chi connectivity index (χ3v) is 5.48. The molecule has 0 aliphatic carbocycles. The predicted molar refractivity (Wildman–Crippen MR) is 127 cm³/mol. The molecule has 158 valence electrons. The van der Waals surface area contributed by atoms with Crippen molar-refractivity contribution in [1.29, 1.82) is 0 Å². The number of hydrogen-bond donors (Lipinski definition) is 0. The van der Waals surface area contributed by atoms with Crippen LogP contribution in [0.5, 0.6) is 5.75 Å². The van der Waals surface area contributed by atoms with Gasteiger partial charge in [-0.3, -0.25) is 4.79 Å². The lowest BCUT2D eigenvalue weighted by molar-refractivity contribution is 0.415. The minimum absolute atomic E-state index is 0.275. The van der Waals surface area contributed by atoms with Gasteiger partial charge in [-0.1, -0.05) is 35.3 Å². The third-order valence-electron chi connectivity index (χ3n) is 4.95. The maximum absolute atomic E-state index is 13.3. The highest BCUT2D eigenvalue weighted by Crippen LogP contribution is 2.29. The Bertz CT molecular complexity index is 1570. The Labute approximate surface area is 192 Å². The number of furan rings is 1. The molecule has 5 aromatic rings. The number of rotatable bonds is 4. The zero-order valence-electron chi connectivity index (χ0n) is 16.8. The molecule has 6 nitrogen and oxygen atoms in total. The number of halogens is 2. The van der Waals surface area contributed by atoms with Gasteiger partial charge in [0.1, 0.15) is 11.3 Å². The number of para-hydroxylation sites is 1. The molecule has 8 heteroatoms. The summed E-state index contributed by atoms with van der Waals surface area (Å²) in [6.45, 7) is 0. The van der Waals surface area contributed by atoms with Gasteiger partial charge >= 0.3 is 0 Å². The minimum Gasteiger partial charge on any atom is -0.495 e. The van der Waals surface area contributed by atoms with Gasteiger partial charge in [-0.15, -0.1) is 0 Å². The van der Waals surface area contributed by atoms with E-state index >= 15 is 0 Å². The number of aromatic nitrogens is 2. The largest absolute Gasteiger partial charge is 0.495 e. The molecule has 0 aliphatic rings. The van der Waals surface area contributed by atoms with Crippen molar-refractivity contribution in [3.05, 3.63) is 92.7 Å². The monoisotopic (exact) mass is 463 g/mol. The van der Waals surface area contributed by atoms with Crippen molar-refractivity contribution in [1.82, 2.24) is 9.66 Å². The van der Waals surface area contributed by atoms with Crippen LogP contribution in [0, 0.1) is 0 Å². The van der Waals surface area contributed by atoms with Crippen molar-refractivity contribution < 1.29 is 9.15 Å². The summed E-state index contributed by atoms with van der Waals surface area (Å²) in [6.07, 6.45) is 1.53. The van der Waals surface area contributed by atoms with E-state index in [1.54, 1.807) is 67.8 Å². The molecule has 0 N–H and O–H groups in total. The SMILES string of the molecule is COc1ccc(C=Nn2c(-c3cc4cc(Cl)ccc4o3)nc3ccccc3c2=O)cc1Cl. The van der Waals surface area contributed by atoms with Crippen molar-refractivity contribution in [2.24, 2.45) is 5.10 Å². The molecule has 0 saturated carbocycles. The molecule has 0 fully saturated rings. The summed E-state index contributed by atoms with van der Waals surface area (Å²) in [4.78, 5) is 17.9. The van der Waals surface area contributed by atoms with Crippen LogP contribution in [-0.4, -0.2) is 23.0 Å². The lowest BCUT2D eigenvalue weighted by Gasteiger charge is -2.07. The Balaban J connectivity index is 1.70. The molecular formula is C24H15Cl2N3O3. The number of fused-ring (bicyclic) bond motifs is 2. The van der Waals surface area contributed by atoms with Crippen LogP contribution in [0.4, 0.5) is 0 Å². The van der Waals surface area contributed by atoms with Gasteiger partial charge in [-0.2, -0.15) is 9.78 Å². The number of hydrogen-bond acceptors (Lipinski definition) is 5. The van der Waals surface area contributed by atoms with Gasteiger partial charge in [0.25, 0.3) is 5.56 Å². The number of benzene rings is 3. The molecule has 0 unspecified atom stereocenters. The molecule has 3 aromatic carbocycles. The smallest absolute Gasteiger partial charge is 0.282 e. The normalized spacial score (nSPS) is 11.6. The summed E-state index contributed by atoms with van der Waals surface area (Å²) >= 11 is 12.3. The highest BCUT2D eigenvalue weighted by Gasteiger charge is 2.16. The quantitative estimate of drug-likeness (QED) is 0.306. The Hall–Kier alpha value is -3.61. The first-order chi connectivity index (χ1) is 15.5. The van der Waals surface area contributed by atoms with Gasteiger partial charge in [0, 0.05) is 10.4 Å².